The van der Waals surface area contributed by atoms with Gasteiger partial charge in [0.2, 0.25) is 0 Å². The Morgan fingerprint density at radius 3 is 3.11 bits per heavy atom. The maximum Gasteiger partial charge on any atom is 0.127 e. The minimum Gasteiger partial charge on any atom is -0.493 e. The zero-order valence-electron chi connectivity index (χ0n) is 10.7. The molecule has 3 nitrogen and oxygen atoms in total. The van der Waals surface area contributed by atoms with E-state index in [1.807, 2.05) is 12.1 Å². The van der Waals surface area contributed by atoms with Crippen LogP contribution in [0.25, 0.3) is 0 Å². The Hall–Kier alpha value is -0.770. The molecule has 0 spiro atoms. The summed E-state index contributed by atoms with van der Waals surface area (Å²) in [7, 11) is 0. The highest BCUT2D eigenvalue weighted by Crippen LogP contribution is 2.32. The van der Waals surface area contributed by atoms with E-state index in [0.717, 1.165) is 48.9 Å². The second-order valence-electron chi connectivity index (χ2n) is 4.90. The molecule has 18 heavy (non-hydrogen) atoms. The van der Waals surface area contributed by atoms with Gasteiger partial charge < -0.3 is 15.2 Å². The van der Waals surface area contributed by atoms with Gasteiger partial charge in [0.05, 0.1) is 6.61 Å². The summed E-state index contributed by atoms with van der Waals surface area (Å²) in [5, 5.41) is 13.0. The first kappa shape index (κ1) is 13.7. The Labute approximate surface area is 113 Å². The zero-order chi connectivity index (χ0) is 13.0. The van der Waals surface area contributed by atoms with Crippen LogP contribution in [0.1, 0.15) is 24.5 Å². The first-order valence-electron chi connectivity index (χ1n) is 6.46. The number of fused-ring (bicyclic) bond motifs is 1. The number of halogens is 1. The van der Waals surface area contributed by atoms with Gasteiger partial charge in [-0.1, -0.05) is 18.5 Å². The van der Waals surface area contributed by atoms with Crippen LogP contribution in [-0.2, 0) is 13.0 Å². The fourth-order valence-corrected chi connectivity index (χ4v) is 2.52. The molecule has 0 bridgehead atoms. The maximum atomic E-state index is 8.85. The van der Waals surface area contributed by atoms with E-state index in [4.69, 9.17) is 21.4 Å². The van der Waals surface area contributed by atoms with Gasteiger partial charge in [-0.2, -0.15) is 0 Å². The highest BCUT2D eigenvalue weighted by molar-refractivity contribution is 6.30. The van der Waals surface area contributed by atoms with Gasteiger partial charge in [-0.05, 0) is 36.6 Å². The van der Waals surface area contributed by atoms with Crippen LogP contribution in [0.3, 0.4) is 0 Å². The molecule has 0 aromatic heterocycles. The molecule has 0 radical (unpaired) electrons. The predicted octanol–water partition coefficient (Wildman–Crippen LogP) is 2.38. The number of hydrogen-bond donors (Lipinski definition) is 2. The summed E-state index contributed by atoms with van der Waals surface area (Å²) in [4.78, 5) is 0. The quantitative estimate of drug-likeness (QED) is 0.833. The molecule has 1 aliphatic rings. The number of hydrogen-bond acceptors (Lipinski definition) is 3. The Morgan fingerprint density at radius 1 is 1.50 bits per heavy atom. The summed E-state index contributed by atoms with van der Waals surface area (Å²) in [6.07, 6.45) is 1.78. The standard InChI is InChI=1S/C14H20ClNO2/c1-10(2-4-17)8-16-9-12-7-13(15)6-11-3-5-18-14(11)12/h6-7,10,16-17H,2-5,8-9H2,1H3. The van der Waals surface area contributed by atoms with Crippen molar-refractivity contribution >= 4 is 11.6 Å². The van der Waals surface area contributed by atoms with Crippen molar-refractivity contribution in [3.8, 4) is 5.75 Å². The topological polar surface area (TPSA) is 41.5 Å². The van der Waals surface area contributed by atoms with Crippen LogP contribution in [-0.4, -0.2) is 24.9 Å². The lowest BCUT2D eigenvalue weighted by Gasteiger charge is -2.13. The van der Waals surface area contributed by atoms with Crippen LogP contribution in [0.2, 0.25) is 5.02 Å². The summed E-state index contributed by atoms with van der Waals surface area (Å²) in [6, 6.07) is 3.96. The molecular formula is C14H20ClNO2. The third-order valence-electron chi connectivity index (χ3n) is 3.26. The molecule has 1 aromatic carbocycles. The van der Waals surface area contributed by atoms with E-state index >= 15 is 0 Å². The maximum absolute atomic E-state index is 8.85. The normalized spacial score (nSPS) is 15.3. The van der Waals surface area contributed by atoms with Gasteiger partial charge in [-0.15, -0.1) is 0 Å². The van der Waals surface area contributed by atoms with E-state index in [9.17, 15) is 0 Å². The molecule has 0 saturated carbocycles. The van der Waals surface area contributed by atoms with E-state index in [1.54, 1.807) is 0 Å². The van der Waals surface area contributed by atoms with Gasteiger partial charge in [0.15, 0.2) is 0 Å². The van der Waals surface area contributed by atoms with Gasteiger partial charge >= 0.3 is 0 Å². The largest absolute Gasteiger partial charge is 0.493 e. The minimum atomic E-state index is 0.249. The molecule has 1 aliphatic heterocycles. The molecule has 100 valence electrons. The smallest absolute Gasteiger partial charge is 0.127 e. The number of rotatable bonds is 6. The monoisotopic (exact) mass is 269 g/mol. The molecule has 1 aromatic rings. The fourth-order valence-electron chi connectivity index (χ4n) is 2.25. The molecular weight excluding hydrogens is 250 g/mol. The number of aliphatic hydroxyl groups excluding tert-OH is 1. The van der Waals surface area contributed by atoms with Crippen molar-refractivity contribution in [1.82, 2.24) is 5.32 Å². The summed E-state index contributed by atoms with van der Waals surface area (Å²) in [5.74, 6) is 1.48. The second kappa shape index (κ2) is 6.41. The highest BCUT2D eigenvalue weighted by Gasteiger charge is 2.17. The SMILES string of the molecule is CC(CCO)CNCc1cc(Cl)cc2c1OCC2. The number of ether oxygens (including phenoxy) is 1. The lowest BCUT2D eigenvalue weighted by atomic mass is 10.1. The Morgan fingerprint density at radius 2 is 2.33 bits per heavy atom. The van der Waals surface area contributed by atoms with E-state index in [2.05, 4.69) is 12.2 Å². The van der Waals surface area contributed by atoms with Gasteiger partial charge in [-0.25, -0.2) is 0 Å². The average Bonchev–Trinajstić information content (AvgIpc) is 2.77. The summed E-state index contributed by atoms with van der Waals surface area (Å²) in [5.41, 5.74) is 2.34. The van der Waals surface area contributed by atoms with Crippen molar-refractivity contribution in [2.75, 3.05) is 19.8 Å². The zero-order valence-corrected chi connectivity index (χ0v) is 11.5. The second-order valence-corrected chi connectivity index (χ2v) is 5.34. The number of aliphatic hydroxyl groups is 1. The first-order chi connectivity index (χ1) is 8.70. The summed E-state index contributed by atoms with van der Waals surface area (Å²) in [6.45, 7) is 4.78. The van der Waals surface area contributed by atoms with E-state index < -0.39 is 0 Å². The fraction of sp³-hybridized carbons (Fsp3) is 0.571. The summed E-state index contributed by atoms with van der Waals surface area (Å²) >= 11 is 6.10. The van der Waals surface area contributed by atoms with E-state index in [1.165, 1.54) is 5.56 Å². The van der Waals surface area contributed by atoms with E-state index in [0.29, 0.717) is 5.92 Å². The molecule has 0 aliphatic carbocycles. The average molecular weight is 270 g/mol. The van der Waals surface area contributed by atoms with Crippen molar-refractivity contribution in [2.24, 2.45) is 5.92 Å². The van der Waals surface area contributed by atoms with Crippen molar-refractivity contribution in [1.29, 1.82) is 0 Å². The molecule has 0 saturated heterocycles. The lowest BCUT2D eigenvalue weighted by molar-refractivity contribution is 0.260. The van der Waals surface area contributed by atoms with Gasteiger partial charge in [0, 0.05) is 30.2 Å². The third kappa shape index (κ3) is 3.37. The Balaban J connectivity index is 1.93. The van der Waals surface area contributed by atoms with Crippen molar-refractivity contribution in [2.45, 2.75) is 26.3 Å². The van der Waals surface area contributed by atoms with Crippen LogP contribution in [0.4, 0.5) is 0 Å². The molecule has 2 N–H and O–H groups in total. The highest BCUT2D eigenvalue weighted by atomic mass is 35.5. The Kier molecular flexibility index (Phi) is 4.87. The number of nitrogens with one attached hydrogen (secondary N) is 1. The molecule has 0 fully saturated rings. The van der Waals surface area contributed by atoms with Crippen LogP contribution in [0.5, 0.6) is 5.75 Å². The Bertz CT molecular complexity index is 409. The molecule has 1 atom stereocenters. The van der Waals surface area contributed by atoms with Crippen LogP contribution in [0.15, 0.2) is 12.1 Å². The lowest BCUT2D eigenvalue weighted by Crippen LogP contribution is -2.21. The predicted molar refractivity (Wildman–Crippen MR) is 73.2 cm³/mol. The molecule has 4 heteroatoms. The van der Waals surface area contributed by atoms with E-state index in [-0.39, 0.29) is 6.61 Å². The van der Waals surface area contributed by atoms with Crippen molar-refractivity contribution in [3.63, 3.8) is 0 Å². The van der Waals surface area contributed by atoms with Crippen molar-refractivity contribution in [3.05, 3.63) is 28.3 Å². The van der Waals surface area contributed by atoms with Crippen LogP contribution in [0, 0.1) is 5.92 Å². The third-order valence-corrected chi connectivity index (χ3v) is 3.47. The van der Waals surface area contributed by atoms with Crippen LogP contribution >= 0.6 is 11.6 Å². The first-order valence-corrected chi connectivity index (χ1v) is 6.84. The number of benzene rings is 1. The summed E-state index contributed by atoms with van der Waals surface area (Å²) < 4.78 is 5.65. The van der Waals surface area contributed by atoms with Gasteiger partial charge in [-0.3, -0.25) is 0 Å². The molecule has 1 unspecified atom stereocenters. The minimum absolute atomic E-state index is 0.249. The molecule has 1 heterocycles. The molecule has 2 rings (SSSR count). The van der Waals surface area contributed by atoms with Gasteiger partial charge in [0.1, 0.15) is 5.75 Å². The van der Waals surface area contributed by atoms with Crippen LogP contribution < -0.4 is 10.1 Å². The van der Waals surface area contributed by atoms with Gasteiger partial charge in [0.25, 0.3) is 0 Å². The molecule has 0 amide bonds. The van der Waals surface area contributed by atoms with Crippen molar-refractivity contribution < 1.29 is 9.84 Å².